The number of thiophene rings is 1. The van der Waals surface area contributed by atoms with Crippen molar-refractivity contribution in [2.24, 2.45) is 5.92 Å². The highest BCUT2D eigenvalue weighted by Gasteiger charge is 2.21. The monoisotopic (exact) mass is 409 g/mol. The molecule has 0 aliphatic heterocycles. The van der Waals surface area contributed by atoms with Gasteiger partial charge in [-0.05, 0) is 42.7 Å². The van der Waals surface area contributed by atoms with E-state index in [2.05, 4.69) is 24.1 Å². The van der Waals surface area contributed by atoms with E-state index in [1.807, 2.05) is 30.3 Å². The van der Waals surface area contributed by atoms with E-state index in [9.17, 15) is 9.59 Å². The van der Waals surface area contributed by atoms with E-state index in [-0.39, 0.29) is 30.0 Å². The van der Waals surface area contributed by atoms with Crippen LogP contribution in [0.25, 0.3) is 10.2 Å². The largest absolute Gasteiger partial charge is 0.347 e. The second kappa shape index (κ2) is 8.49. The molecule has 2 heterocycles. The van der Waals surface area contributed by atoms with Crippen LogP contribution in [-0.2, 0) is 24.2 Å². The smallest absolute Gasteiger partial charge is 0.262 e. The van der Waals surface area contributed by atoms with E-state index in [0.29, 0.717) is 0 Å². The highest BCUT2D eigenvalue weighted by molar-refractivity contribution is 7.18. The fourth-order valence-electron chi connectivity index (χ4n) is 4.14. The van der Waals surface area contributed by atoms with Gasteiger partial charge in [0.05, 0.1) is 17.8 Å². The molecule has 1 aliphatic carbocycles. The van der Waals surface area contributed by atoms with Crippen LogP contribution in [0.4, 0.5) is 0 Å². The average molecular weight is 410 g/mol. The highest BCUT2D eigenvalue weighted by Crippen LogP contribution is 2.32. The fraction of sp³-hybridized carbons (Fsp3) is 0.435. The number of nitrogens with zero attached hydrogens (tertiary/aromatic N) is 2. The van der Waals surface area contributed by atoms with Gasteiger partial charge in [-0.25, -0.2) is 4.98 Å². The summed E-state index contributed by atoms with van der Waals surface area (Å²) in [6.07, 6.45) is 6.98. The molecule has 0 bridgehead atoms. The van der Waals surface area contributed by atoms with E-state index in [1.165, 1.54) is 34.2 Å². The first-order valence-corrected chi connectivity index (χ1v) is 11.2. The summed E-state index contributed by atoms with van der Waals surface area (Å²) in [5, 5.41) is 3.83. The molecule has 5 nitrogen and oxygen atoms in total. The molecule has 1 amide bonds. The summed E-state index contributed by atoms with van der Waals surface area (Å²) in [6.45, 7) is 4.15. The number of fused-ring (bicyclic) bond motifs is 3. The second-order valence-corrected chi connectivity index (χ2v) is 9.21. The van der Waals surface area contributed by atoms with Crippen molar-refractivity contribution in [2.45, 2.75) is 58.5 Å². The molecule has 0 saturated carbocycles. The van der Waals surface area contributed by atoms with Gasteiger partial charge >= 0.3 is 0 Å². The van der Waals surface area contributed by atoms with Gasteiger partial charge in [-0.2, -0.15) is 0 Å². The van der Waals surface area contributed by atoms with Gasteiger partial charge in [0.15, 0.2) is 0 Å². The number of aryl methyl sites for hydroxylation is 2. The third-order valence-electron chi connectivity index (χ3n) is 5.65. The number of amides is 1. The first kappa shape index (κ1) is 19.8. The highest BCUT2D eigenvalue weighted by atomic mass is 32.1. The lowest BCUT2D eigenvalue weighted by molar-refractivity contribution is -0.122. The van der Waals surface area contributed by atoms with Crippen molar-refractivity contribution in [1.29, 1.82) is 0 Å². The Kier molecular flexibility index (Phi) is 5.81. The number of carbonyl (C=O) groups is 1. The molecule has 3 aromatic rings. The quantitative estimate of drug-likeness (QED) is 0.641. The lowest BCUT2D eigenvalue weighted by Gasteiger charge is -2.23. The van der Waals surface area contributed by atoms with E-state index in [0.717, 1.165) is 35.0 Å². The number of aromatic nitrogens is 2. The Morgan fingerprint density at radius 1 is 1.17 bits per heavy atom. The Morgan fingerprint density at radius 2 is 1.93 bits per heavy atom. The van der Waals surface area contributed by atoms with E-state index >= 15 is 0 Å². The normalized spacial score (nSPS) is 15.1. The fourth-order valence-corrected chi connectivity index (χ4v) is 5.36. The van der Waals surface area contributed by atoms with Crippen LogP contribution in [-0.4, -0.2) is 15.5 Å². The zero-order valence-electron chi connectivity index (χ0n) is 17.0. The van der Waals surface area contributed by atoms with Crippen LogP contribution < -0.4 is 10.9 Å². The molecule has 29 heavy (non-hydrogen) atoms. The average Bonchev–Trinajstić information content (AvgIpc) is 2.91. The molecule has 6 heteroatoms. The zero-order chi connectivity index (χ0) is 20.4. The molecule has 0 fully saturated rings. The van der Waals surface area contributed by atoms with Gasteiger partial charge in [0, 0.05) is 4.88 Å². The third-order valence-corrected chi connectivity index (χ3v) is 6.85. The van der Waals surface area contributed by atoms with Crippen molar-refractivity contribution in [2.75, 3.05) is 0 Å². The maximum absolute atomic E-state index is 13.1. The van der Waals surface area contributed by atoms with Crippen LogP contribution in [0.15, 0.2) is 41.5 Å². The van der Waals surface area contributed by atoms with E-state index in [1.54, 1.807) is 11.3 Å². The Bertz CT molecular complexity index is 1070. The number of benzene rings is 1. The Hall–Kier alpha value is -2.47. The van der Waals surface area contributed by atoms with Crippen LogP contribution in [0.1, 0.15) is 55.2 Å². The SMILES string of the molecule is CC(C)C(NC(=O)Cn1cnc2sc3c(c2c1=O)CCCCC3)c1ccccc1. The molecule has 152 valence electrons. The summed E-state index contributed by atoms with van der Waals surface area (Å²) >= 11 is 1.64. The molecule has 0 radical (unpaired) electrons. The number of nitrogens with one attached hydrogen (secondary N) is 1. The number of hydrogen-bond acceptors (Lipinski definition) is 4. The van der Waals surface area contributed by atoms with Crippen molar-refractivity contribution in [1.82, 2.24) is 14.9 Å². The van der Waals surface area contributed by atoms with E-state index in [4.69, 9.17) is 0 Å². The molecule has 0 spiro atoms. The summed E-state index contributed by atoms with van der Waals surface area (Å²) in [7, 11) is 0. The minimum atomic E-state index is -0.169. The van der Waals surface area contributed by atoms with Crippen LogP contribution in [0, 0.1) is 5.92 Å². The van der Waals surface area contributed by atoms with Crippen molar-refractivity contribution in [3.05, 3.63) is 63.0 Å². The topological polar surface area (TPSA) is 64.0 Å². The van der Waals surface area contributed by atoms with Gasteiger partial charge < -0.3 is 5.32 Å². The summed E-state index contributed by atoms with van der Waals surface area (Å²) in [5.41, 5.74) is 2.14. The lowest BCUT2D eigenvalue weighted by atomic mass is 9.96. The van der Waals surface area contributed by atoms with Crippen LogP contribution in [0.3, 0.4) is 0 Å². The molecule has 1 atom stereocenters. The van der Waals surface area contributed by atoms with Gasteiger partial charge in [0.2, 0.25) is 5.91 Å². The molecular weight excluding hydrogens is 382 g/mol. The molecule has 1 aliphatic rings. The van der Waals surface area contributed by atoms with Crippen molar-refractivity contribution in [3.63, 3.8) is 0 Å². The maximum atomic E-state index is 13.1. The van der Waals surface area contributed by atoms with Gasteiger partial charge in [-0.1, -0.05) is 50.6 Å². The Labute approximate surface area is 174 Å². The minimum absolute atomic E-state index is 0.0115. The molecule has 4 rings (SSSR count). The standard InChI is InChI=1S/C23H27N3O2S/c1-15(2)21(16-9-5-3-6-10-16)25-19(27)13-26-14-24-22-20(23(26)28)17-11-7-4-8-12-18(17)29-22/h3,5-6,9-10,14-15,21H,4,7-8,11-13H2,1-2H3,(H,25,27). The number of rotatable bonds is 5. The van der Waals surface area contributed by atoms with Gasteiger partial charge in [-0.3, -0.25) is 14.2 Å². The molecule has 1 aromatic carbocycles. The summed E-state index contributed by atoms with van der Waals surface area (Å²) < 4.78 is 1.46. The summed E-state index contributed by atoms with van der Waals surface area (Å²) in [5.74, 6) is 0.0726. The van der Waals surface area contributed by atoms with Crippen molar-refractivity contribution < 1.29 is 4.79 Å². The molecule has 2 aromatic heterocycles. The molecule has 1 N–H and O–H groups in total. The second-order valence-electron chi connectivity index (χ2n) is 8.12. The van der Waals surface area contributed by atoms with Crippen LogP contribution >= 0.6 is 11.3 Å². The first-order chi connectivity index (χ1) is 14.0. The van der Waals surface area contributed by atoms with E-state index < -0.39 is 0 Å². The van der Waals surface area contributed by atoms with Crippen molar-refractivity contribution in [3.8, 4) is 0 Å². The van der Waals surface area contributed by atoms with Gasteiger partial charge in [0.1, 0.15) is 11.4 Å². The predicted molar refractivity (Wildman–Crippen MR) is 117 cm³/mol. The first-order valence-electron chi connectivity index (χ1n) is 10.4. The predicted octanol–water partition coefficient (Wildman–Crippen LogP) is 4.24. The van der Waals surface area contributed by atoms with Gasteiger partial charge in [0.25, 0.3) is 5.56 Å². The van der Waals surface area contributed by atoms with Crippen LogP contribution in [0.5, 0.6) is 0 Å². The van der Waals surface area contributed by atoms with Crippen LogP contribution in [0.2, 0.25) is 0 Å². The van der Waals surface area contributed by atoms with Gasteiger partial charge in [-0.15, -0.1) is 11.3 Å². The Morgan fingerprint density at radius 3 is 2.69 bits per heavy atom. The summed E-state index contributed by atoms with van der Waals surface area (Å²) in [4.78, 5) is 32.5. The minimum Gasteiger partial charge on any atom is -0.347 e. The lowest BCUT2D eigenvalue weighted by Crippen LogP contribution is -2.36. The Balaban J connectivity index is 1.59. The molecule has 0 saturated heterocycles. The number of hydrogen-bond donors (Lipinski definition) is 1. The zero-order valence-corrected chi connectivity index (χ0v) is 17.8. The number of carbonyl (C=O) groups excluding carboxylic acids is 1. The maximum Gasteiger partial charge on any atom is 0.262 e. The molecule has 1 unspecified atom stereocenters. The van der Waals surface area contributed by atoms with Crippen molar-refractivity contribution >= 4 is 27.5 Å². The summed E-state index contributed by atoms with van der Waals surface area (Å²) in [6, 6.07) is 9.86. The third kappa shape index (κ3) is 4.13. The molecular formula is C23H27N3O2S.